The molecule has 23 heteroatoms. The maximum absolute atomic E-state index is 13.2. The Hall–Kier alpha value is -6.62. The Morgan fingerprint density at radius 1 is 0.871 bits per heavy atom. The maximum atomic E-state index is 13.2. The van der Waals surface area contributed by atoms with Crippen molar-refractivity contribution in [3.63, 3.8) is 0 Å². The third-order valence-electron chi connectivity index (χ3n) is 12.8. The van der Waals surface area contributed by atoms with Crippen LogP contribution in [0.25, 0.3) is 16.1 Å². The molecule has 5 aromatic rings. The van der Waals surface area contributed by atoms with E-state index in [9.17, 15) is 14.4 Å². The zero-order valence-electron chi connectivity index (χ0n) is 38.8. The fourth-order valence-electron chi connectivity index (χ4n) is 9.07. The number of amides is 3. The normalized spacial score (nSPS) is 21.8. The van der Waals surface area contributed by atoms with Crippen LogP contribution in [0.5, 0.6) is 5.75 Å². The summed E-state index contributed by atoms with van der Waals surface area (Å²) in [5.74, 6) is 0.540. The molecule has 3 amide bonds. The van der Waals surface area contributed by atoms with Crippen LogP contribution in [0, 0.1) is 0 Å². The largest absolute Gasteiger partial charge is 0.491 e. The molecular weight excluding hydrogens is 921 g/mol. The van der Waals surface area contributed by atoms with Gasteiger partial charge >= 0.3 is 11.7 Å². The zero-order chi connectivity index (χ0) is 48.1. The van der Waals surface area contributed by atoms with Gasteiger partial charge in [-0.05, 0) is 66.9 Å². The summed E-state index contributed by atoms with van der Waals surface area (Å²) >= 11 is 1.89. The van der Waals surface area contributed by atoms with Crippen LogP contribution in [0.15, 0.2) is 101 Å². The van der Waals surface area contributed by atoms with E-state index < -0.39 is 5.79 Å². The van der Waals surface area contributed by atoms with Gasteiger partial charge in [0.15, 0.2) is 0 Å². The average molecular weight is 979 g/mol. The van der Waals surface area contributed by atoms with Gasteiger partial charge in [0.2, 0.25) is 11.7 Å². The van der Waals surface area contributed by atoms with Crippen LogP contribution < -0.4 is 36.2 Å². The topological polar surface area (TPSA) is 242 Å². The predicted molar refractivity (Wildman–Crippen MR) is 261 cm³/mol. The van der Waals surface area contributed by atoms with Gasteiger partial charge in [0, 0.05) is 77.7 Å². The standard InChI is InChI=1S/C47H58N14O8S/c48-56-55-35-7-5-34(6-8-35)47(32-61-50-17-18-51-61)68-30-40(69-47)29-67-39-15-13-37(14-16-39)58-22-20-57(21-23-58)36-9-11-38(12-10-36)59-33-52-60(46(59)64)24-26-66-28-27-65-25-19-49-43(62)4-2-1-3-42-44-41(31-70-42)53-45(63)54-44/h5-18,33,40-42,44H,1-4,19-32H2,(H,49,62)(H2,53,54,63)/t40-,41+,42+,44+,47-/m1/s1. The summed E-state index contributed by atoms with van der Waals surface area (Å²) in [6.07, 6.45) is 7.60. The molecule has 6 heterocycles. The maximum Gasteiger partial charge on any atom is 0.350 e. The second kappa shape index (κ2) is 23.3. The lowest BCUT2D eigenvalue weighted by molar-refractivity contribution is -0.192. The SMILES string of the molecule is [N-]=[N+]=Nc1ccc([C@]2(Cn3nccn3)OC[C@@H](COc3ccc(N4CCN(c5ccc(-n6cnn(CCOCCOCCNC(=O)CCCC[C@@H]7SC[C@@H]8NC(=O)N[C@@H]87)c6=O)cc5)CC4)cc3)O2)cc1. The van der Waals surface area contributed by atoms with Gasteiger partial charge in [0.25, 0.3) is 0 Å². The van der Waals surface area contributed by atoms with Crippen LogP contribution in [-0.2, 0) is 42.6 Å². The molecule has 4 aliphatic heterocycles. The molecule has 5 atom stereocenters. The molecule has 0 radical (unpaired) electrons. The first kappa shape index (κ1) is 48.4. The molecule has 0 unspecified atom stereocenters. The van der Waals surface area contributed by atoms with E-state index in [-0.39, 0.29) is 49.0 Å². The molecule has 0 aliphatic carbocycles. The number of hydrogen-bond acceptors (Lipinski definition) is 15. The summed E-state index contributed by atoms with van der Waals surface area (Å²) in [5.41, 5.74) is 12.7. The number of fused-ring (bicyclic) bond motifs is 1. The number of hydrogen-bond donors (Lipinski definition) is 3. The molecule has 0 spiro atoms. The summed E-state index contributed by atoms with van der Waals surface area (Å²) in [5, 5.41) is 25.7. The summed E-state index contributed by atoms with van der Waals surface area (Å²) < 4.78 is 33.1. The zero-order valence-corrected chi connectivity index (χ0v) is 39.6. The van der Waals surface area contributed by atoms with E-state index in [0.29, 0.717) is 63.5 Å². The lowest BCUT2D eigenvalue weighted by Gasteiger charge is -2.37. The minimum Gasteiger partial charge on any atom is -0.491 e. The molecular formula is C47H58N14O8S. The first-order valence-electron chi connectivity index (χ1n) is 23.7. The molecule has 4 aliphatic rings. The number of ether oxygens (including phenoxy) is 5. The number of nitrogens with one attached hydrogen (secondary N) is 3. The smallest absolute Gasteiger partial charge is 0.350 e. The number of benzene rings is 3. The number of piperazine rings is 1. The fraction of sp³-hybridized carbons (Fsp3) is 0.489. The first-order chi connectivity index (χ1) is 34.3. The Labute approximate surface area is 408 Å². The number of rotatable bonds is 24. The lowest BCUT2D eigenvalue weighted by atomic mass is 10.0. The van der Waals surface area contributed by atoms with Crippen LogP contribution in [0.3, 0.4) is 0 Å². The van der Waals surface area contributed by atoms with Crippen LogP contribution in [0.4, 0.5) is 21.9 Å². The van der Waals surface area contributed by atoms with Gasteiger partial charge in [-0.25, -0.2) is 18.8 Å². The number of azide groups is 1. The van der Waals surface area contributed by atoms with E-state index in [1.54, 1.807) is 24.5 Å². The highest BCUT2D eigenvalue weighted by Gasteiger charge is 2.45. The molecule has 370 valence electrons. The molecule has 4 fully saturated rings. The van der Waals surface area contributed by atoms with Crippen LogP contribution >= 0.6 is 11.8 Å². The highest BCUT2D eigenvalue weighted by Crippen LogP contribution is 2.37. The Morgan fingerprint density at radius 2 is 1.57 bits per heavy atom. The van der Waals surface area contributed by atoms with Crippen molar-refractivity contribution in [2.24, 2.45) is 5.11 Å². The Balaban J connectivity index is 0.638. The summed E-state index contributed by atoms with van der Waals surface area (Å²) in [7, 11) is 0. The first-order valence-corrected chi connectivity index (χ1v) is 24.8. The number of unbranched alkanes of at least 4 members (excludes halogenated alkanes) is 1. The van der Waals surface area contributed by atoms with Gasteiger partial charge in [-0.1, -0.05) is 35.8 Å². The second-order valence-corrected chi connectivity index (χ2v) is 18.6. The number of urea groups is 1. The van der Waals surface area contributed by atoms with Gasteiger partial charge < -0.3 is 49.4 Å². The molecule has 9 rings (SSSR count). The molecule has 0 saturated carbocycles. The highest BCUT2D eigenvalue weighted by atomic mass is 32.2. The van der Waals surface area contributed by atoms with Crippen molar-refractivity contribution in [3.05, 3.63) is 118 Å². The average Bonchev–Trinajstić information content (AvgIpc) is 4.25. The number of nitrogens with zero attached hydrogens (tertiary/aromatic N) is 11. The summed E-state index contributed by atoms with van der Waals surface area (Å²) in [4.78, 5) is 46.0. The van der Waals surface area contributed by atoms with E-state index in [0.717, 1.165) is 79.6 Å². The minimum atomic E-state index is -1.14. The Morgan fingerprint density at radius 3 is 2.30 bits per heavy atom. The van der Waals surface area contributed by atoms with Crippen molar-refractivity contribution in [3.8, 4) is 11.4 Å². The second-order valence-electron chi connectivity index (χ2n) is 17.3. The van der Waals surface area contributed by atoms with Gasteiger partial charge in [0.05, 0.1) is 69.7 Å². The molecule has 2 aromatic heterocycles. The quantitative estimate of drug-likeness (QED) is 0.0259. The number of carbonyl (C=O) groups excluding carboxylic acids is 2. The van der Waals surface area contributed by atoms with Gasteiger partial charge in [-0.15, -0.1) is 0 Å². The van der Waals surface area contributed by atoms with Crippen molar-refractivity contribution >= 4 is 40.8 Å². The number of aromatic nitrogens is 6. The molecule has 22 nitrogen and oxygen atoms in total. The molecule has 0 bridgehead atoms. The third-order valence-corrected chi connectivity index (χ3v) is 14.3. The number of carbonyl (C=O) groups is 2. The van der Waals surface area contributed by atoms with Crippen molar-refractivity contribution in [2.75, 3.05) is 87.9 Å². The Bertz CT molecular complexity index is 2590. The van der Waals surface area contributed by atoms with E-state index in [1.807, 2.05) is 60.3 Å². The highest BCUT2D eigenvalue weighted by molar-refractivity contribution is 8.00. The minimum absolute atomic E-state index is 0.0139. The lowest BCUT2D eigenvalue weighted by Crippen LogP contribution is -2.46. The van der Waals surface area contributed by atoms with E-state index in [1.165, 1.54) is 20.4 Å². The van der Waals surface area contributed by atoms with E-state index >= 15 is 0 Å². The molecule has 4 saturated heterocycles. The number of anilines is 2. The number of thioether (sulfide) groups is 1. The van der Waals surface area contributed by atoms with Crippen molar-refractivity contribution in [2.45, 2.75) is 68.0 Å². The van der Waals surface area contributed by atoms with E-state index in [4.69, 9.17) is 29.2 Å². The van der Waals surface area contributed by atoms with Crippen LogP contribution in [-0.4, -0.2) is 143 Å². The monoisotopic (exact) mass is 978 g/mol. The van der Waals surface area contributed by atoms with Gasteiger partial charge in [-0.2, -0.15) is 31.9 Å². The van der Waals surface area contributed by atoms with Crippen molar-refractivity contribution in [1.82, 2.24) is 45.3 Å². The fourth-order valence-corrected chi connectivity index (χ4v) is 10.6. The molecule has 3 aromatic carbocycles. The molecule has 70 heavy (non-hydrogen) atoms. The summed E-state index contributed by atoms with van der Waals surface area (Å²) in [6, 6.07) is 23.4. The van der Waals surface area contributed by atoms with E-state index in [2.05, 4.69) is 63.2 Å². The Kier molecular flexibility index (Phi) is 16.1. The summed E-state index contributed by atoms with van der Waals surface area (Å²) in [6.45, 7) is 6.36. The van der Waals surface area contributed by atoms with Crippen molar-refractivity contribution in [1.29, 1.82) is 0 Å². The van der Waals surface area contributed by atoms with Crippen LogP contribution in [0.2, 0.25) is 0 Å². The van der Waals surface area contributed by atoms with Gasteiger partial charge in [-0.3, -0.25) is 4.79 Å². The van der Waals surface area contributed by atoms with Gasteiger partial charge in [0.1, 0.15) is 31.3 Å². The molecule has 3 N–H and O–H groups in total. The van der Waals surface area contributed by atoms with Crippen molar-refractivity contribution < 1.29 is 33.3 Å². The predicted octanol–water partition coefficient (Wildman–Crippen LogP) is 4.12. The third kappa shape index (κ3) is 12.2. The van der Waals surface area contributed by atoms with Crippen LogP contribution in [0.1, 0.15) is 31.2 Å².